The van der Waals surface area contributed by atoms with Gasteiger partial charge in [0.05, 0.1) is 5.69 Å². The normalized spacial score (nSPS) is 12.9. The summed E-state index contributed by atoms with van der Waals surface area (Å²) in [6, 6.07) is 10.6. The lowest BCUT2D eigenvalue weighted by Gasteiger charge is -2.16. The highest BCUT2D eigenvalue weighted by Gasteiger charge is 2.26. The third kappa shape index (κ3) is 3.63. The first-order chi connectivity index (χ1) is 14.3. The van der Waals surface area contributed by atoms with Gasteiger partial charge in [0.15, 0.2) is 23.6 Å². The van der Waals surface area contributed by atoms with Crippen molar-refractivity contribution in [1.82, 2.24) is 0 Å². The Labute approximate surface area is 173 Å². The zero-order valence-electron chi connectivity index (χ0n) is 15.5. The van der Waals surface area contributed by atoms with E-state index < -0.39 is 41.1 Å². The second-order valence-corrected chi connectivity index (χ2v) is 7.56. The molecule has 0 radical (unpaired) electrons. The van der Waals surface area contributed by atoms with Crippen LogP contribution in [0.4, 0.5) is 18.9 Å². The standard InChI is InChI=1S/C21H14F3NO4S/c1-10(20(26)25-14-7-6-13(22)17(23)18(14)24)29-21(27)16-8-11-9-28-15-5-3-2-4-12(15)19(11)30-16/h2-8,10H,9H2,1H3,(H,25,26)/t10-/m0/s1. The van der Waals surface area contributed by atoms with Gasteiger partial charge >= 0.3 is 5.97 Å². The maximum Gasteiger partial charge on any atom is 0.349 e. The van der Waals surface area contributed by atoms with Crippen LogP contribution in [0.5, 0.6) is 5.75 Å². The van der Waals surface area contributed by atoms with Crippen LogP contribution in [0.25, 0.3) is 10.4 Å². The molecular formula is C21H14F3NO4S. The van der Waals surface area contributed by atoms with E-state index in [0.29, 0.717) is 18.4 Å². The topological polar surface area (TPSA) is 64.6 Å². The number of hydrogen-bond donors (Lipinski definition) is 1. The van der Waals surface area contributed by atoms with E-state index in [4.69, 9.17) is 9.47 Å². The number of carbonyl (C=O) groups is 2. The van der Waals surface area contributed by atoms with Gasteiger partial charge in [0.1, 0.15) is 17.2 Å². The lowest BCUT2D eigenvalue weighted by atomic mass is 10.1. The van der Waals surface area contributed by atoms with Gasteiger partial charge in [-0.2, -0.15) is 0 Å². The first kappa shape index (κ1) is 20.0. The molecule has 0 fully saturated rings. The lowest BCUT2D eigenvalue weighted by molar-refractivity contribution is -0.123. The molecule has 9 heteroatoms. The number of hydrogen-bond acceptors (Lipinski definition) is 5. The smallest absolute Gasteiger partial charge is 0.349 e. The second kappa shape index (κ2) is 7.83. The maximum atomic E-state index is 13.7. The minimum Gasteiger partial charge on any atom is -0.488 e. The molecule has 1 N–H and O–H groups in total. The van der Waals surface area contributed by atoms with Crippen LogP contribution in [0.3, 0.4) is 0 Å². The monoisotopic (exact) mass is 433 g/mol. The number of esters is 1. The summed E-state index contributed by atoms with van der Waals surface area (Å²) in [6.07, 6.45) is -1.30. The van der Waals surface area contributed by atoms with Crippen molar-refractivity contribution >= 4 is 28.9 Å². The zero-order valence-corrected chi connectivity index (χ0v) is 16.3. The van der Waals surface area contributed by atoms with Crippen molar-refractivity contribution in [2.45, 2.75) is 19.6 Å². The zero-order chi connectivity index (χ0) is 21.4. The van der Waals surface area contributed by atoms with Gasteiger partial charge in [-0.1, -0.05) is 12.1 Å². The molecule has 2 heterocycles. The van der Waals surface area contributed by atoms with Gasteiger partial charge in [-0.15, -0.1) is 11.3 Å². The average molecular weight is 433 g/mol. The Kier molecular flexibility index (Phi) is 5.21. The molecular weight excluding hydrogens is 419 g/mol. The molecule has 4 rings (SSSR count). The van der Waals surface area contributed by atoms with Crippen LogP contribution in [0.15, 0.2) is 42.5 Å². The highest BCUT2D eigenvalue weighted by molar-refractivity contribution is 7.17. The molecule has 0 saturated carbocycles. The van der Waals surface area contributed by atoms with Crippen molar-refractivity contribution in [3.05, 3.63) is 70.4 Å². The molecule has 0 unspecified atom stereocenters. The molecule has 1 atom stereocenters. The van der Waals surface area contributed by atoms with Crippen LogP contribution >= 0.6 is 11.3 Å². The van der Waals surface area contributed by atoms with Crippen LogP contribution in [0.2, 0.25) is 0 Å². The predicted molar refractivity (Wildman–Crippen MR) is 104 cm³/mol. The summed E-state index contributed by atoms with van der Waals surface area (Å²) in [7, 11) is 0. The summed E-state index contributed by atoms with van der Waals surface area (Å²) in [5.41, 5.74) is 1.14. The van der Waals surface area contributed by atoms with E-state index in [1.54, 1.807) is 6.07 Å². The number of ether oxygens (including phenoxy) is 2. The number of halogens is 3. The molecule has 0 spiro atoms. The van der Waals surface area contributed by atoms with Crippen molar-refractivity contribution in [3.63, 3.8) is 0 Å². The maximum absolute atomic E-state index is 13.7. The van der Waals surface area contributed by atoms with Crippen LogP contribution in [0.1, 0.15) is 22.2 Å². The molecule has 30 heavy (non-hydrogen) atoms. The molecule has 5 nitrogen and oxygen atoms in total. The van der Waals surface area contributed by atoms with E-state index in [2.05, 4.69) is 5.32 Å². The third-order valence-corrected chi connectivity index (χ3v) is 5.66. The number of para-hydroxylation sites is 1. The van der Waals surface area contributed by atoms with Crippen molar-refractivity contribution in [2.75, 3.05) is 5.32 Å². The summed E-state index contributed by atoms with van der Waals surface area (Å²) in [4.78, 5) is 25.8. The number of fused-ring (bicyclic) bond motifs is 3. The largest absolute Gasteiger partial charge is 0.488 e. The van der Waals surface area contributed by atoms with Crippen molar-refractivity contribution < 1.29 is 32.2 Å². The summed E-state index contributed by atoms with van der Waals surface area (Å²) in [5.74, 6) is -5.52. The van der Waals surface area contributed by atoms with Crippen molar-refractivity contribution in [3.8, 4) is 16.2 Å². The first-order valence-electron chi connectivity index (χ1n) is 8.85. The SMILES string of the molecule is C[C@H](OC(=O)c1cc2c(s1)-c1ccccc1OC2)C(=O)Nc1ccc(F)c(F)c1F. The molecule has 0 bridgehead atoms. The summed E-state index contributed by atoms with van der Waals surface area (Å²) in [6.45, 7) is 1.60. The van der Waals surface area contributed by atoms with Gasteiger partial charge in [0.2, 0.25) is 0 Å². The highest BCUT2D eigenvalue weighted by Crippen LogP contribution is 2.42. The van der Waals surface area contributed by atoms with Gasteiger partial charge in [-0.25, -0.2) is 18.0 Å². The molecule has 1 amide bonds. The molecule has 2 aromatic carbocycles. The minimum atomic E-state index is -1.70. The Balaban J connectivity index is 1.46. The molecule has 0 saturated heterocycles. The van der Waals surface area contributed by atoms with E-state index >= 15 is 0 Å². The number of rotatable bonds is 4. The number of carbonyl (C=O) groups excluding carboxylic acids is 2. The number of benzene rings is 2. The number of amides is 1. The Morgan fingerprint density at radius 1 is 1.13 bits per heavy atom. The number of thiophene rings is 1. The molecule has 1 aliphatic heterocycles. The van der Waals surface area contributed by atoms with E-state index in [1.165, 1.54) is 18.3 Å². The first-order valence-corrected chi connectivity index (χ1v) is 9.67. The Bertz CT molecular complexity index is 1160. The van der Waals surface area contributed by atoms with Gasteiger partial charge < -0.3 is 14.8 Å². The minimum absolute atomic E-state index is 0.277. The Hall–Kier alpha value is -3.33. The number of anilines is 1. The van der Waals surface area contributed by atoms with Gasteiger partial charge in [-0.3, -0.25) is 4.79 Å². The van der Waals surface area contributed by atoms with Gasteiger partial charge in [0, 0.05) is 16.0 Å². The van der Waals surface area contributed by atoms with Crippen LogP contribution < -0.4 is 10.1 Å². The fourth-order valence-electron chi connectivity index (χ4n) is 2.93. The quantitative estimate of drug-likeness (QED) is 0.469. The summed E-state index contributed by atoms with van der Waals surface area (Å²) < 4.78 is 50.8. The predicted octanol–water partition coefficient (Wildman–Crippen LogP) is 4.91. The lowest BCUT2D eigenvalue weighted by Crippen LogP contribution is -2.30. The van der Waals surface area contributed by atoms with Crippen LogP contribution in [-0.2, 0) is 16.1 Å². The highest BCUT2D eigenvalue weighted by atomic mass is 32.1. The fraction of sp³-hybridized carbons (Fsp3) is 0.143. The van der Waals surface area contributed by atoms with Crippen LogP contribution in [-0.4, -0.2) is 18.0 Å². The second-order valence-electron chi connectivity index (χ2n) is 6.51. The third-order valence-electron chi connectivity index (χ3n) is 4.47. The Morgan fingerprint density at radius 2 is 1.90 bits per heavy atom. The fourth-order valence-corrected chi connectivity index (χ4v) is 4.01. The van der Waals surface area contributed by atoms with Gasteiger partial charge in [0.25, 0.3) is 5.91 Å². The van der Waals surface area contributed by atoms with Crippen LogP contribution in [0, 0.1) is 17.5 Å². The Morgan fingerprint density at radius 3 is 2.70 bits per heavy atom. The molecule has 0 aliphatic carbocycles. The molecule has 154 valence electrons. The summed E-state index contributed by atoms with van der Waals surface area (Å²) >= 11 is 1.21. The van der Waals surface area contributed by atoms with E-state index in [0.717, 1.165) is 22.1 Å². The van der Waals surface area contributed by atoms with Crippen molar-refractivity contribution in [2.24, 2.45) is 0 Å². The average Bonchev–Trinajstić information content (AvgIpc) is 3.19. The number of nitrogens with one attached hydrogen (secondary N) is 1. The van der Waals surface area contributed by atoms with E-state index in [9.17, 15) is 22.8 Å². The molecule has 1 aliphatic rings. The van der Waals surface area contributed by atoms with Gasteiger partial charge in [-0.05, 0) is 37.3 Å². The van der Waals surface area contributed by atoms with Crippen molar-refractivity contribution in [1.29, 1.82) is 0 Å². The molecule has 1 aromatic heterocycles. The van der Waals surface area contributed by atoms with E-state index in [-0.39, 0.29) is 4.88 Å². The molecule has 3 aromatic rings. The van der Waals surface area contributed by atoms with E-state index in [1.807, 2.05) is 24.3 Å². The summed E-state index contributed by atoms with van der Waals surface area (Å²) in [5, 5.41) is 2.08.